The molecule has 0 aliphatic heterocycles. The van der Waals surface area contributed by atoms with E-state index in [9.17, 15) is 9.18 Å². The molecular formula is C17H15FN4O. The molecular weight excluding hydrogens is 295 g/mol. The van der Waals surface area contributed by atoms with E-state index in [-0.39, 0.29) is 11.7 Å². The Labute approximate surface area is 132 Å². The van der Waals surface area contributed by atoms with E-state index in [1.807, 2.05) is 12.1 Å². The van der Waals surface area contributed by atoms with Crippen molar-refractivity contribution in [3.63, 3.8) is 0 Å². The average molecular weight is 310 g/mol. The summed E-state index contributed by atoms with van der Waals surface area (Å²) in [5, 5.41) is 6.82. The van der Waals surface area contributed by atoms with Crippen molar-refractivity contribution in [1.82, 2.24) is 14.8 Å². The lowest BCUT2D eigenvalue weighted by Crippen LogP contribution is -2.13. The molecule has 23 heavy (non-hydrogen) atoms. The molecule has 0 radical (unpaired) electrons. The van der Waals surface area contributed by atoms with Gasteiger partial charge in [0.05, 0.1) is 6.54 Å². The smallest absolute Gasteiger partial charge is 0.255 e. The Morgan fingerprint density at radius 2 is 2.00 bits per heavy atom. The molecule has 1 N–H and O–H groups in total. The Hall–Kier alpha value is -3.02. The summed E-state index contributed by atoms with van der Waals surface area (Å²) in [6.45, 7) is 2.35. The zero-order valence-corrected chi connectivity index (χ0v) is 12.5. The quantitative estimate of drug-likeness (QED) is 0.806. The van der Waals surface area contributed by atoms with Gasteiger partial charge >= 0.3 is 0 Å². The van der Waals surface area contributed by atoms with Gasteiger partial charge in [-0.15, -0.1) is 0 Å². The number of anilines is 1. The molecule has 6 heteroatoms. The van der Waals surface area contributed by atoms with Gasteiger partial charge in [0.1, 0.15) is 18.5 Å². The van der Waals surface area contributed by atoms with Crippen LogP contribution in [0.4, 0.5) is 10.1 Å². The van der Waals surface area contributed by atoms with E-state index in [0.717, 1.165) is 5.56 Å². The van der Waals surface area contributed by atoms with Crippen LogP contribution in [0, 0.1) is 12.7 Å². The van der Waals surface area contributed by atoms with Gasteiger partial charge in [0.15, 0.2) is 0 Å². The maximum Gasteiger partial charge on any atom is 0.255 e. The summed E-state index contributed by atoms with van der Waals surface area (Å²) < 4.78 is 14.8. The number of hydrogen-bond donors (Lipinski definition) is 1. The van der Waals surface area contributed by atoms with E-state index in [1.54, 1.807) is 36.1 Å². The summed E-state index contributed by atoms with van der Waals surface area (Å²) in [6.07, 6.45) is 3.12. The molecule has 3 rings (SSSR count). The maximum absolute atomic E-state index is 13.1. The van der Waals surface area contributed by atoms with Crippen LogP contribution in [-0.2, 0) is 6.54 Å². The highest BCUT2D eigenvalue weighted by Gasteiger charge is 2.08. The second kappa shape index (κ2) is 6.39. The molecule has 0 saturated heterocycles. The highest BCUT2D eigenvalue weighted by atomic mass is 19.1. The number of halogens is 1. The van der Waals surface area contributed by atoms with Crippen molar-refractivity contribution in [3.8, 4) is 0 Å². The van der Waals surface area contributed by atoms with Gasteiger partial charge in [-0.05, 0) is 48.4 Å². The highest BCUT2D eigenvalue weighted by Crippen LogP contribution is 2.17. The molecule has 1 heterocycles. The fourth-order valence-electron chi connectivity index (χ4n) is 2.22. The Balaban J connectivity index is 1.70. The Morgan fingerprint density at radius 1 is 1.22 bits per heavy atom. The fraction of sp³-hybridized carbons (Fsp3) is 0.118. The number of carbonyl (C=O) groups excluding carboxylic acids is 1. The first-order valence-corrected chi connectivity index (χ1v) is 7.11. The third-order valence-corrected chi connectivity index (χ3v) is 3.46. The Kier molecular flexibility index (Phi) is 4.14. The van der Waals surface area contributed by atoms with E-state index in [4.69, 9.17) is 0 Å². The predicted octanol–water partition coefficient (Wildman–Crippen LogP) is 3.03. The number of amides is 1. The van der Waals surface area contributed by atoms with Crippen molar-refractivity contribution in [2.45, 2.75) is 13.5 Å². The number of aryl methyl sites for hydroxylation is 1. The first-order valence-electron chi connectivity index (χ1n) is 7.11. The molecule has 5 nitrogen and oxygen atoms in total. The van der Waals surface area contributed by atoms with E-state index < -0.39 is 0 Å². The summed E-state index contributed by atoms with van der Waals surface area (Å²) in [7, 11) is 0. The molecule has 1 amide bonds. The predicted molar refractivity (Wildman–Crippen MR) is 84.7 cm³/mol. The van der Waals surface area contributed by atoms with E-state index in [2.05, 4.69) is 15.4 Å². The van der Waals surface area contributed by atoms with Gasteiger partial charge < -0.3 is 5.32 Å². The summed E-state index contributed by atoms with van der Waals surface area (Å²) in [6, 6.07) is 11.5. The molecule has 0 saturated carbocycles. The van der Waals surface area contributed by atoms with Crippen molar-refractivity contribution >= 4 is 11.6 Å². The molecule has 0 atom stereocenters. The second-order valence-corrected chi connectivity index (χ2v) is 5.20. The lowest BCUT2D eigenvalue weighted by atomic mass is 10.1. The zero-order chi connectivity index (χ0) is 16.2. The van der Waals surface area contributed by atoms with Crippen LogP contribution in [0.25, 0.3) is 0 Å². The van der Waals surface area contributed by atoms with E-state index in [0.29, 0.717) is 23.4 Å². The van der Waals surface area contributed by atoms with Crippen LogP contribution in [0.2, 0.25) is 0 Å². The molecule has 2 aromatic carbocycles. The molecule has 3 aromatic rings. The van der Waals surface area contributed by atoms with Gasteiger partial charge in [0.2, 0.25) is 0 Å². The molecule has 0 spiro atoms. The number of nitrogens with zero attached hydrogens (tertiary/aromatic N) is 3. The molecule has 0 aliphatic carbocycles. The number of carbonyl (C=O) groups is 1. The van der Waals surface area contributed by atoms with Crippen LogP contribution < -0.4 is 5.32 Å². The Morgan fingerprint density at radius 3 is 2.65 bits per heavy atom. The lowest BCUT2D eigenvalue weighted by molar-refractivity contribution is 0.102. The largest absolute Gasteiger partial charge is 0.322 e. The zero-order valence-electron chi connectivity index (χ0n) is 12.5. The summed E-state index contributed by atoms with van der Waals surface area (Å²) in [5.74, 6) is -0.551. The van der Waals surface area contributed by atoms with Crippen LogP contribution >= 0.6 is 0 Å². The van der Waals surface area contributed by atoms with Crippen LogP contribution in [0.1, 0.15) is 21.5 Å². The van der Waals surface area contributed by atoms with Crippen LogP contribution in [0.15, 0.2) is 55.1 Å². The minimum Gasteiger partial charge on any atom is -0.322 e. The molecule has 0 fully saturated rings. The molecule has 1 aromatic heterocycles. The average Bonchev–Trinajstić information content (AvgIpc) is 3.04. The van der Waals surface area contributed by atoms with Crippen LogP contribution in [-0.4, -0.2) is 20.7 Å². The van der Waals surface area contributed by atoms with E-state index >= 15 is 0 Å². The third-order valence-electron chi connectivity index (χ3n) is 3.46. The highest BCUT2D eigenvalue weighted by molar-refractivity contribution is 6.04. The maximum atomic E-state index is 13.1. The first kappa shape index (κ1) is 14.9. The number of rotatable bonds is 4. The molecule has 0 aliphatic rings. The minimum absolute atomic E-state index is 0.230. The first-order chi connectivity index (χ1) is 11.1. The number of benzene rings is 2. The van der Waals surface area contributed by atoms with Crippen molar-refractivity contribution in [3.05, 3.63) is 77.6 Å². The fourth-order valence-corrected chi connectivity index (χ4v) is 2.22. The van der Waals surface area contributed by atoms with Gasteiger partial charge in [0, 0.05) is 11.3 Å². The third kappa shape index (κ3) is 3.60. The monoisotopic (exact) mass is 310 g/mol. The molecule has 0 unspecified atom stereocenters. The molecule has 0 bridgehead atoms. The van der Waals surface area contributed by atoms with Crippen LogP contribution in [0.5, 0.6) is 0 Å². The van der Waals surface area contributed by atoms with Crippen molar-refractivity contribution in [2.75, 3.05) is 5.32 Å². The summed E-state index contributed by atoms with van der Waals surface area (Å²) in [5.41, 5.74) is 2.84. The minimum atomic E-state index is -0.321. The van der Waals surface area contributed by atoms with Crippen molar-refractivity contribution in [2.24, 2.45) is 0 Å². The normalized spacial score (nSPS) is 10.5. The van der Waals surface area contributed by atoms with E-state index in [1.165, 1.54) is 18.5 Å². The van der Waals surface area contributed by atoms with Gasteiger partial charge in [-0.1, -0.05) is 12.1 Å². The van der Waals surface area contributed by atoms with Crippen molar-refractivity contribution < 1.29 is 9.18 Å². The van der Waals surface area contributed by atoms with Gasteiger partial charge in [-0.3, -0.25) is 4.79 Å². The second-order valence-electron chi connectivity index (χ2n) is 5.20. The number of nitrogens with one attached hydrogen (secondary N) is 1. The summed E-state index contributed by atoms with van der Waals surface area (Å²) >= 11 is 0. The number of hydrogen-bond acceptors (Lipinski definition) is 3. The summed E-state index contributed by atoms with van der Waals surface area (Å²) in [4.78, 5) is 16.1. The van der Waals surface area contributed by atoms with Gasteiger partial charge in [0.25, 0.3) is 5.91 Å². The van der Waals surface area contributed by atoms with Crippen LogP contribution in [0.3, 0.4) is 0 Å². The van der Waals surface area contributed by atoms with Gasteiger partial charge in [-0.25, -0.2) is 14.1 Å². The SMILES string of the molecule is Cc1cc(F)ccc1NC(=O)c1ccc(Cn2cncn2)cc1. The number of aromatic nitrogens is 3. The van der Waals surface area contributed by atoms with Crippen molar-refractivity contribution in [1.29, 1.82) is 0 Å². The topological polar surface area (TPSA) is 59.8 Å². The van der Waals surface area contributed by atoms with Gasteiger partial charge in [-0.2, -0.15) is 5.10 Å². The standard InChI is InChI=1S/C17H15FN4O/c1-12-8-15(18)6-7-16(12)21-17(23)14-4-2-13(3-5-14)9-22-11-19-10-20-22/h2-8,10-11H,9H2,1H3,(H,21,23). The molecule has 116 valence electrons. The Bertz CT molecular complexity index is 813. The lowest BCUT2D eigenvalue weighted by Gasteiger charge is -2.09.